The summed E-state index contributed by atoms with van der Waals surface area (Å²) in [6.45, 7) is 4.29. The van der Waals surface area contributed by atoms with Crippen molar-refractivity contribution in [3.05, 3.63) is 41.5 Å². The number of piperidine rings is 1. The molecule has 8 heteroatoms. The number of benzene rings is 1. The van der Waals surface area contributed by atoms with Crippen molar-refractivity contribution in [2.24, 2.45) is 7.05 Å². The van der Waals surface area contributed by atoms with Crippen LogP contribution in [0.25, 0.3) is 11.0 Å². The van der Waals surface area contributed by atoms with Gasteiger partial charge in [0.15, 0.2) is 5.69 Å². The van der Waals surface area contributed by atoms with E-state index in [0.717, 1.165) is 48.5 Å². The summed E-state index contributed by atoms with van der Waals surface area (Å²) in [6, 6.07) is 8.28. The van der Waals surface area contributed by atoms with Crippen LogP contribution < -0.4 is 5.32 Å². The van der Waals surface area contributed by atoms with Crippen LogP contribution in [0.15, 0.2) is 24.3 Å². The largest absolute Gasteiger partial charge is 0.333 e. The number of para-hydroxylation sites is 2. The Morgan fingerprint density at radius 1 is 1.30 bits per heavy atom. The van der Waals surface area contributed by atoms with Crippen molar-refractivity contribution in [1.82, 2.24) is 34.8 Å². The minimum absolute atomic E-state index is 0.125. The van der Waals surface area contributed by atoms with Crippen LogP contribution in [0, 0.1) is 6.92 Å². The highest BCUT2D eigenvalue weighted by Gasteiger charge is 2.25. The summed E-state index contributed by atoms with van der Waals surface area (Å²) < 4.78 is 3.94. The van der Waals surface area contributed by atoms with Crippen LogP contribution in [-0.4, -0.2) is 55.5 Å². The zero-order valence-electron chi connectivity index (χ0n) is 16.0. The van der Waals surface area contributed by atoms with Crippen molar-refractivity contribution in [3.8, 4) is 0 Å². The lowest BCUT2D eigenvalue weighted by Gasteiger charge is -2.23. The molecular weight excluding hydrogens is 342 g/mol. The number of hydrogen-bond donors (Lipinski definition) is 1. The van der Waals surface area contributed by atoms with Crippen molar-refractivity contribution in [2.75, 3.05) is 20.1 Å². The third kappa shape index (κ3) is 3.21. The van der Waals surface area contributed by atoms with Gasteiger partial charge in [-0.05, 0) is 45.0 Å². The Hall–Kier alpha value is -2.74. The third-order valence-corrected chi connectivity index (χ3v) is 5.39. The number of nitrogens with zero attached hydrogens (tertiary/aromatic N) is 6. The molecule has 1 saturated heterocycles. The van der Waals surface area contributed by atoms with E-state index in [1.54, 1.807) is 11.9 Å². The van der Waals surface area contributed by atoms with Crippen LogP contribution >= 0.6 is 0 Å². The smallest absolute Gasteiger partial charge is 0.276 e. The summed E-state index contributed by atoms with van der Waals surface area (Å²) in [5, 5.41) is 11.8. The molecule has 142 valence electrons. The topological polar surface area (TPSA) is 80.9 Å². The van der Waals surface area contributed by atoms with E-state index in [9.17, 15) is 4.79 Å². The fraction of sp³-hybridized carbons (Fsp3) is 0.474. The average molecular weight is 367 g/mol. The molecule has 1 fully saturated rings. The number of carbonyl (C=O) groups excluding carboxylic acids is 1. The molecule has 1 aromatic carbocycles. The molecule has 3 aromatic rings. The standard InChI is InChI=1S/C19H25N7O/c1-13-18(22-23-26(13)14-8-10-20-11-9-14)19(27)24(2)12-17-21-15-6-4-5-7-16(15)25(17)3/h4-7,14,20H,8-12H2,1-3H3. The minimum Gasteiger partial charge on any atom is -0.333 e. The van der Waals surface area contributed by atoms with Crippen molar-refractivity contribution in [3.63, 3.8) is 0 Å². The molecule has 0 spiro atoms. The average Bonchev–Trinajstić information content (AvgIpc) is 3.22. The van der Waals surface area contributed by atoms with Crippen molar-refractivity contribution >= 4 is 16.9 Å². The van der Waals surface area contributed by atoms with Crippen LogP contribution in [0.1, 0.15) is 40.9 Å². The molecule has 0 unspecified atom stereocenters. The Morgan fingerprint density at radius 2 is 2.04 bits per heavy atom. The van der Waals surface area contributed by atoms with E-state index < -0.39 is 0 Å². The number of aryl methyl sites for hydroxylation is 1. The molecule has 27 heavy (non-hydrogen) atoms. The van der Waals surface area contributed by atoms with Crippen molar-refractivity contribution in [2.45, 2.75) is 32.4 Å². The molecule has 8 nitrogen and oxygen atoms in total. The molecule has 2 aromatic heterocycles. The lowest BCUT2D eigenvalue weighted by molar-refractivity contribution is 0.0774. The molecule has 1 aliphatic rings. The first-order chi connectivity index (χ1) is 13.1. The van der Waals surface area contributed by atoms with E-state index in [2.05, 4.69) is 20.6 Å². The van der Waals surface area contributed by atoms with E-state index in [0.29, 0.717) is 18.3 Å². The van der Waals surface area contributed by atoms with E-state index in [1.165, 1.54) is 0 Å². The predicted molar refractivity (Wildman–Crippen MR) is 102 cm³/mol. The number of nitrogens with one attached hydrogen (secondary N) is 1. The summed E-state index contributed by atoms with van der Waals surface area (Å²) in [4.78, 5) is 19.3. The van der Waals surface area contributed by atoms with Gasteiger partial charge in [-0.2, -0.15) is 0 Å². The second kappa shape index (κ2) is 7.11. The second-order valence-electron chi connectivity index (χ2n) is 7.19. The Morgan fingerprint density at radius 3 is 2.78 bits per heavy atom. The zero-order chi connectivity index (χ0) is 19.0. The van der Waals surface area contributed by atoms with Crippen LogP contribution in [-0.2, 0) is 13.6 Å². The van der Waals surface area contributed by atoms with Crippen LogP contribution in [0.3, 0.4) is 0 Å². The number of rotatable bonds is 4. The molecule has 4 rings (SSSR count). The Labute approximate surface area is 158 Å². The highest BCUT2D eigenvalue weighted by Crippen LogP contribution is 2.21. The molecule has 1 amide bonds. The monoisotopic (exact) mass is 367 g/mol. The van der Waals surface area contributed by atoms with Crippen LogP contribution in [0.4, 0.5) is 0 Å². The molecule has 1 aliphatic heterocycles. The molecule has 0 atom stereocenters. The van der Waals surface area contributed by atoms with Gasteiger partial charge in [0.1, 0.15) is 5.82 Å². The van der Waals surface area contributed by atoms with E-state index in [4.69, 9.17) is 0 Å². The van der Waals surface area contributed by atoms with Crippen LogP contribution in [0.5, 0.6) is 0 Å². The SMILES string of the molecule is Cc1c(C(=O)N(C)Cc2nc3ccccc3n2C)nnn1C1CCNCC1. The van der Waals surface area contributed by atoms with Gasteiger partial charge in [-0.1, -0.05) is 17.3 Å². The fourth-order valence-electron chi connectivity index (χ4n) is 3.74. The van der Waals surface area contributed by atoms with Crippen molar-refractivity contribution < 1.29 is 4.79 Å². The van der Waals surface area contributed by atoms with Gasteiger partial charge in [0.05, 0.1) is 29.3 Å². The fourth-order valence-corrected chi connectivity index (χ4v) is 3.74. The summed E-state index contributed by atoms with van der Waals surface area (Å²) in [7, 11) is 3.76. The summed E-state index contributed by atoms with van der Waals surface area (Å²) in [6.07, 6.45) is 2.01. The molecule has 1 N–H and O–H groups in total. The lowest BCUT2D eigenvalue weighted by atomic mass is 10.1. The Bertz CT molecular complexity index is 968. The summed E-state index contributed by atoms with van der Waals surface area (Å²) in [5.41, 5.74) is 3.25. The summed E-state index contributed by atoms with van der Waals surface area (Å²) >= 11 is 0. The van der Waals surface area contributed by atoms with Gasteiger partial charge in [0.25, 0.3) is 5.91 Å². The van der Waals surface area contributed by atoms with Gasteiger partial charge in [-0.3, -0.25) is 4.79 Å². The van der Waals surface area contributed by atoms with Gasteiger partial charge in [-0.25, -0.2) is 9.67 Å². The number of carbonyl (C=O) groups is 1. The maximum absolute atomic E-state index is 13.0. The maximum Gasteiger partial charge on any atom is 0.276 e. The first kappa shape index (κ1) is 17.7. The van der Waals surface area contributed by atoms with E-state index in [-0.39, 0.29) is 5.91 Å². The van der Waals surface area contributed by atoms with Crippen molar-refractivity contribution in [1.29, 1.82) is 0 Å². The third-order valence-electron chi connectivity index (χ3n) is 5.39. The normalized spacial score (nSPS) is 15.4. The highest BCUT2D eigenvalue weighted by molar-refractivity contribution is 5.93. The number of aromatic nitrogens is 5. The van der Waals surface area contributed by atoms with Gasteiger partial charge >= 0.3 is 0 Å². The minimum atomic E-state index is -0.125. The van der Waals surface area contributed by atoms with Gasteiger partial charge in [-0.15, -0.1) is 5.10 Å². The quantitative estimate of drug-likeness (QED) is 0.759. The molecular formula is C19H25N7O. The Balaban J connectivity index is 1.53. The maximum atomic E-state index is 13.0. The number of fused-ring (bicyclic) bond motifs is 1. The van der Waals surface area contributed by atoms with Crippen LogP contribution in [0.2, 0.25) is 0 Å². The summed E-state index contributed by atoms with van der Waals surface area (Å²) in [5.74, 6) is 0.718. The van der Waals surface area contributed by atoms with Gasteiger partial charge < -0.3 is 14.8 Å². The highest BCUT2D eigenvalue weighted by atomic mass is 16.2. The second-order valence-corrected chi connectivity index (χ2v) is 7.19. The van der Waals surface area contributed by atoms with E-state index >= 15 is 0 Å². The molecule has 3 heterocycles. The first-order valence-corrected chi connectivity index (χ1v) is 9.34. The van der Waals surface area contributed by atoms with Gasteiger partial charge in [0, 0.05) is 14.1 Å². The first-order valence-electron chi connectivity index (χ1n) is 9.34. The number of hydrogen-bond acceptors (Lipinski definition) is 5. The molecule has 0 aliphatic carbocycles. The number of imidazole rings is 1. The molecule has 0 bridgehead atoms. The lowest BCUT2D eigenvalue weighted by Crippen LogP contribution is -2.31. The number of amides is 1. The van der Waals surface area contributed by atoms with Gasteiger partial charge in [0.2, 0.25) is 0 Å². The Kier molecular flexibility index (Phi) is 4.65. The predicted octanol–water partition coefficient (Wildman–Crippen LogP) is 1.67. The molecule has 0 radical (unpaired) electrons. The zero-order valence-corrected chi connectivity index (χ0v) is 16.0. The van der Waals surface area contributed by atoms with E-state index in [1.807, 2.05) is 47.5 Å². The molecule has 0 saturated carbocycles.